The Labute approximate surface area is 133 Å². The summed E-state index contributed by atoms with van der Waals surface area (Å²) >= 11 is 0. The summed E-state index contributed by atoms with van der Waals surface area (Å²) in [6.45, 7) is 1.08. The summed E-state index contributed by atoms with van der Waals surface area (Å²) in [4.78, 5) is 13.6. The number of carbonyl (C=O) groups is 1. The predicted molar refractivity (Wildman–Crippen MR) is 85.9 cm³/mol. The molecule has 1 heterocycles. The van der Waals surface area contributed by atoms with Gasteiger partial charge < -0.3 is 4.90 Å². The lowest BCUT2D eigenvalue weighted by molar-refractivity contribution is -0.129. The minimum Gasteiger partial charge on any atom is -0.349 e. The van der Waals surface area contributed by atoms with Crippen molar-refractivity contribution in [3.05, 3.63) is 30.3 Å². The van der Waals surface area contributed by atoms with Crippen molar-refractivity contribution in [1.29, 1.82) is 0 Å². The molecule has 1 aromatic carbocycles. The van der Waals surface area contributed by atoms with Crippen LogP contribution >= 0.6 is 0 Å². The lowest BCUT2D eigenvalue weighted by Crippen LogP contribution is -2.40. The van der Waals surface area contributed by atoms with E-state index < -0.39 is 10.0 Å². The van der Waals surface area contributed by atoms with Gasteiger partial charge in [0.1, 0.15) is 0 Å². The molecular weight excluding hydrogens is 300 g/mol. The molecule has 1 unspecified atom stereocenters. The molecule has 0 N–H and O–H groups in total. The van der Waals surface area contributed by atoms with E-state index >= 15 is 0 Å². The molecule has 0 spiro atoms. The number of sulfonamides is 1. The van der Waals surface area contributed by atoms with Gasteiger partial charge in [0.2, 0.25) is 15.9 Å². The Balaban J connectivity index is 2.00. The van der Waals surface area contributed by atoms with E-state index in [1.54, 1.807) is 47.6 Å². The van der Waals surface area contributed by atoms with Crippen LogP contribution in [0.3, 0.4) is 0 Å². The highest BCUT2D eigenvalue weighted by atomic mass is 32.2. The van der Waals surface area contributed by atoms with Crippen molar-refractivity contribution in [2.24, 2.45) is 5.92 Å². The monoisotopic (exact) mass is 324 g/mol. The fraction of sp³-hybridized carbons (Fsp3) is 0.562. The topological polar surface area (TPSA) is 57.7 Å². The minimum absolute atomic E-state index is 0.100. The summed E-state index contributed by atoms with van der Waals surface area (Å²) in [5.41, 5.74) is 0. The van der Waals surface area contributed by atoms with E-state index in [-0.39, 0.29) is 11.8 Å². The third-order valence-electron chi connectivity index (χ3n) is 4.13. The summed E-state index contributed by atoms with van der Waals surface area (Å²) in [5.74, 6) is 0.360. The molecule has 0 saturated carbocycles. The number of benzene rings is 1. The molecule has 22 heavy (non-hydrogen) atoms. The van der Waals surface area contributed by atoms with Gasteiger partial charge in [0.25, 0.3) is 0 Å². The van der Waals surface area contributed by atoms with Crippen molar-refractivity contribution in [3.63, 3.8) is 0 Å². The van der Waals surface area contributed by atoms with E-state index in [4.69, 9.17) is 0 Å². The number of piperidine rings is 1. The number of hydrogen-bond donors (Lipinski definition) is 0. The fourth-order valence-corrected chi connectivity index (χ4v) is 4.35. The molecule has 1 saturated heterocycles. The predicted octanol–water partition coefficient (Wildman–Crippen LogP) is 1.96. The molecule has 0 aromatic heterocycles. The van der Waals surface area contributed by atoms with E-state index in [9.17, 15) is 13.2 Å². The SMILES string of the molecule is CN(C)C(=O)CCC1CCCN(S(=O)(=O)c2ccccc2)C1. The number of amides is 1. The van der Waals surface area contributed by atoms with Crippen LogP contribution in [-0.2, 0) is 14.8 Å². The van der Waals surface area contributed by atoms with Gasteiger partial charge in [-0.1, -0.05) is 18.2 Å². The molecule has 1 atom stereocenters. The third-order valence-corrected chi connectivity index (χ3v) is 6.01. The van der Waals surface area contributed by atoms with Gasteiger partial charge in [-0.15, -0.1) is 0 Å². The van der Waals surface area contributed by atoms with Crippen molar-refractivity contribution in [3.8, 4) is 0 Å². The molecule has 2 rings (SSSR count). The standard InChI is InChI=1S/C16H24N2O3S/c1-17(2)16(19)11-10-14-7-6-12-18(13-14)22(20,21)15-8-4-3-5-9-15/h3-5,8-9,14H,6-7,10-13H2,1-2H3. The van der Waals surface area contributed by atoms with Crippen molar-refractivity contribution in [2.45, 2.75) is 30.6 Å². The Kier molecular flexibility index (Phi) is 5.58. The first-order valence-electron chi connectivity index (χ1n) is 7.66. The van der Waals surface area contributed by atoms with E-state index in [2.05, 4.69) is 0 Å². The van der Waals surface area contributed by atoms with E-state index in [1.807, 2.05) is 6.07 Å². The van der Waals surface area contributed by atoms with Crippen LogP contribution in [0.2, 0.25) is 0 Å². The Morgan fingerprint density at radius 1 is 1.27 bits per heavy atom. The van der Waals surface area contributed by atoms with Crippen LogP contribution in [0.15, 0.2) is 35.2 Å². The molecule has 0 aliphatic carbocycles. The molecular formula is C16H24N2O3S. The van der Waals surface area contributed by atoms with Gasteiger partial charge in [-0.05, 0) is 37.3 Å². The summed E-state index contributed by atoms with van der Waals surface area (Å²) in [6.07, 6.45) is 3.07. The smallest absolute Gasteiger partial charge is 0.243 e. The zero-order valence-corrected chi connectivity index (χ0v) is 14.1. The molecule has 1 aromatic rings. The van der Waals surface area contributed by atoms with Crippen molar-refractivity contribution in [2.75, 3.05) is 27.2 Å². The molecule has 1 fully saturated rings. The van der Waals surface area contributed by atoms with E-state index in [1.165, 1.54) is 0 Å². The number of nitrogens with zero attached hydrogens (tertiary/aromatic N) is 2. The van der Waals surface area contributed by atoms with Crippen LogP contribution in [0.5, 0.6) is 0 Å². The van der Waals surface area contributed by atoms with Crippen molar-refractivity contribution < 1.29 is 13.2 Å². The van der Waals surface area contributed by atoms with Gasteiger partial charge in [0.15, 0.2) is 0 Å². The molecule has 1 amide bonds. The second-order valence-electron chi connectivity index (χ2n) is 6.01. The summed E-state index contributed by atoms with van der Waals surface area (Å²) in [7, 11) is 0.0790. The van der Waals surface area contributed by atoms with Gasteiger partial charge in [0, 0.05) is 33.6 Å². The third kappa shape index (κ3) is 4.08. The second-order valence-corrected chi connectivity index (χ2v) is 7.95. The van der Waals surface area contributed by atoms with Gasteiger partial charge in [0.05, 0.1) is 4.90 Å². The van der Waals surface area contributed by atoms with Crippen LogP contribution in [0.25, 0.3) is 0 Å². The fourth-order valence-electron chi connectivity index (χ4n) is 2.77. The lowest BCUT2D eigenvalue weighted by Gasteiger charge is -2.32. The molecule has 0 radical (unpaired) electrons. The number of rotatable bonds is 5. The van der Waals surface area contributed by atoms with E-state index in [0.29, 0.717) is 24.4 Å². The highest BCUT2D eigenvalue weighted by Crippen LogP contribution is 2.26. The van der Waals surface area contributed by atoms with Crippen LogP contribution in [-0.4, -0.2) is 50.7 Å². The highest BCUT2D eigenvalue weighted by Gasteiger charge is 2.30. The quantitative estimate of drug-likeness (QED) is 0.832. The first-order valence-corrected chi connectivity index (χ1v) is 9.10. The Bertz CT molecular complexity index is 599. The maximum absolute atomic E-state index is 12.6. The Hall–Kier alpha value is -1.40. The van der Waals surface area contributed by atoms with E-state index in [0.717, 1.165) is 19.3 Å². The summed E-state index contributed by atoms with van der Waals surface area (Å²) in [5, 5.41) is 0. The first kappa shape index (κ1) is 17.0. The second kappa shape index (κ2) is 7.24. The Morgan fingerprint density at radius 3 is 2.59 bits per heavy atom. The average Bonchev–Trinajstić information content (AvgIpc) is 2.53. The molecule has 6 heteroatoms. The lowest BCUT2D eigenvalue weighted by atomic mass is 9.94. The first-order chi connectivity index (χ1) is 10.4. The van der Waals surface area contributed by atoms with Gasteiger partial charge in [-0.25, -0.2) is 8.42 Å². The molecule has 122 valence electrons. The number of hydrogen-bond acceptors (Lipinski definition) is 3. The van der Waals surface area contributed by atoms with Gasteiger partial charge in [-0.3, -0.25) is 4.79 Å². The number of carbonyl (C=O) groups excluding carboxylic acids is 1. The zero-order valence-electron chi connectivity index (χ0n) is 13.2. The van der Waals surface area contributed by atoms with Crippen LogP contribution in [0, 0.1) is 5.92 Å². The van der Waals surface area contributed by atoms with Crippen LogP contribution < -0.4 is 0 Å². The summed E-state index contributed by atoms with van der Waals surface area (Å²) < 4.78 is 26.8. The highest BCUT2D eigenvalue weighted by molar-refractivity contribution is 7.89. The molecule has 5 nitrogen and oxygen atoms in total. The zero-order chi connectivity index (χ0) is 16.2. The normalized spacial score (nSPS) is 19.8. The largest absolute Gasteiger partial charge is 0.349 e. The van der Waals surface area contributed by atoms with Crippen LogP contribution in [0.1, 0.15) is 25.7 Å². The molecule has 0 bridgehead atoms. The maximum Gasteiger partial charge on any atom is 0.243 e. The van der Waals surface area contributed by atoms with Gasteiger partial charge >= 0.3 is 0 Å². The maximum atomic E-state index is 12.6. The Morgan fingerprint density at radius 2 is 1.95 bits per heavy atom. The van der Waals surface area contributed by atoms with Crippen LogP contribution in [0.4, 0.5) is 0 Å². The minimum atomic E-state index is -3.41. The van der Waals surface area contributed by atoms with Gasteiger partial charge in [-0.2, -0.15) is 4.31 Å². The summed E-state index contributed by atoms with van der Waals surface area (Å²) in [6, 6.07) is 8.56. The van der Waals surface area contributed by atoms with Crippen molar-refractivity contribution >= 4 is 15.9 Å². The molecule has 1 aliphatic rings. The van der Waals surface area contributed by atoms with Crippen molar-refractivity contribution in [1.82, 2.24) is 9.21 Å². The average molecular weight is 324 g/mol. The molecule has 1 aliphatic heterocycles.